The molecule has 0 aliphatic rings. The number of nitrogens with zero attached hydrogens (tertiary/aromatic N) is 3. The Morgan fingerprint density at radius 1 is 1.24 bits per heavy atom. The van der Waals surface area contributed by atoms with Crippen LogP contribution in [-0.2, 0) is 4.74 Å². The first-order chi connectivity index (χ1) is 10.1. The lowest BCUT2D eigenvalue weighted by molar-refractivity contribution is 0.0590. The summed E-state index contributed by atoms with van der Waals surface area (Å²) >= 11 is 0. The summed E-state index contributed by atoms with van der Waals surface area (Å²) in [7, 11) is 1.16. The minimum Gasteiger partial charge on any atom is -0.505 e. The van der Waals surface area contributed by atoms with E-state index < -0.39 is 5.97 Å². The molecule has 0 aliphatic heterocycles. The van der Waals surface area contributed by atoms with Crippen LogP contribution >= 0.6 is 0 Å². The van der Waals surface area contributed by atoms with E-state index in [2.05, 4.69) is 9.72 Å². The minimum atomic E-state index is -0.824. The molecule has 0 unspecified atom stereocenters. The molecule has 21 heavy (non-hydrogen) atoms. The van der Waals surface area contributed by atoms with Crippen molar-refractivity contribution in [3.8, 4) is 29.0 Å². The molecule has 1 aromatic carbocycles. The van der Waals surface area contributed by atoms with Gasteiger partial charge in [-0.1, -0.05) is 12.1 Å². The van der Waals surface area contributed by atoms with Gasteiger partial charge in [0.05, 0.1) is 18.7 Å². The third kappa shape index (κ3) is 2.65. The van der Waals surface area contributed by atoms with E-state index in [0.29, 0.717) is 16.7 Å². The fraction of sp³-hybridized carbons (Fsp3) is 0.0667. The lowest BCUT2D eigenvalue weighted by atomic mass is 10.0. The van der Waals surface area contributed by atoms with Crippen LogP contribution in [0.5, 0.6) is 5.75 Å². The van der Waals surface area contributed by atoms with Gasteiger partial charge in [0.25, 0.3) is 0 Å². The Hall–Kier alpha value is -3.38. The number of aromatic hydroxyl groups is 1. The summed E-state index contributed by atoms with van der Waals surface area (Å²) < 4.78 is 4.49. The van der Waals surface area contributed by atoms with Gasteiger partial charge in [-0.25, -0.2) is 9.78 Å². The molecule has 2 rings (SSSR count). The highest BCUT2D eigenvalue weighted by Gasteiger charge is 2.18. The van der Waals surface area contributed by atoms with Crippen molar-refractivity contribution in [1.29, 1.82) is 10.5 Å². The first-order valence-electron chi connectivity index (χ1n) is 5.83. The van der Waals surface area contributed by atoms with E-state index in [9.17, 15) is 9.90 Å². The highest BCUT2D eigenvalue weighted by atomic mass is 16.5. The number of esters is 1. The van der Waals surface area contributed by atoms with Crippen molar-refractivity contribution in [3.05, 3.63) is 47.3 Å². The zero-order valence-electron chi connectivity index (χ0n) is 11.0. The topological polar surface area (TPSA) is 107 Å². The highest BCUT2D eigenvalue weighted by molar-refractivity contribution is 5.91. The third-order valence-corrected chi connectivity index (χ3v) is 2.81. The number of rotatable bonds is 2. The van der Waals surface area contributed by atoms with Gasteiger partial charge in [-0.3, -0.25) is 0 Å². The first-order valence-corrected chi connectivity index (χ1v) is 5.83. The number of methoxy groups -OCH3 is 1. The average molecular weight is 279 g/mol. The third-order valence-electron chi connectivity index (χ3n) is 2.81. The number of nitriles is 2. The molecular weight excluding hydrogens is 270 g/mol. The predicted octanol–water partition coefficient (Wildman–Crippen LogP) is 1.98. The molecule has 1 aromatic heterocycles. The number of carbonyl (C=O) groups is 1. The second-order valence-electron chi connectivity index (χ2n) is 4.04. The summed E-state index contributed by atoms with van der Waals surface area (Å²) in [5.74, 6) is -1.20. The Morgan fingerprint density at radius 3 is 2.43 bits per heavy atom. The van der Waals surface area contributed by atoms with Crippen LogP contribution in [0, 0.1) is 22.7 Å². The van der Waals surface area contributed by atoms with E-state index in [1.54, 1.807) is 24.3 Å². The van der Waals surface area contributed by atoms with Crippen LogP contribution in [0.3, 0.4) is 0 Å². The molecule has 0 aliphatic carbocycles. The van der Waals surface area contributed by atoms with Gasteiger partial charge >= 0.3 is 5.97 Å². The first kappa shape index (κ1) is 14.0. The molecule has 6 nitrogen and oxygen atoms in total. The molecule has 6 heteroatoms. The van der Waals surface area contributed by atoms with Gasteiger partial charge < -0.3 is 9.84 Å². The number of aromatic nitrogens is 1. The fourth-order valence-electron chi connectivity index (χ4n) is 1.78. The van der Waals surface area contributed by atoms with E-state index in [-0.39, 0.29) is 17.1 Å². The molecule has 0 fully saturated rings. The number of carbonyl (C=O) groups excluding carboxylic acids is 1. The number of benzene rings is 1. The van der Waals surface area contributed by atoms with Gasteiger partial charge in [0.2, 0.25) is 0 Å². The lowest BCUT2D eigenvalue weighted by Crippen LogP contribution is -2.06. The summed E-state index contributed by atoms with van der Waals surface area (Å²) in [5.41, 5.74) is 1.11. The van der Waals surface area contributed by atoms with Crippen molar-refractivity contribution in [2.45, 2.75) is 0 Å². The van der Waals surface area contributed by atoms with Crippen molar-refractivity contribution >= 4 is 5.97 Å². The largest absolute Gasteiger partial charge is 0.505 e. The van der Waals surface area contributed by atoms with Gasteiger partial charge in [0, 0.05) is 5.56 Å². The number of hydrogen-bond donors (Lipinski definition) is 1. The molecule has 0 atom stereocenters. The van der Waals surface area contributed by atoms with Gasteiger partial charge in [0.15, 0.2) is 5.69 Å². The summed E-state index contributed by atoms with van der Waals surface area (Å²) in [4.78, 5) is 15.3. The zero-order valence-corrected chi connectivity index (χ0v) is 11.0. The maximum atomic E-state index is 11.4. The monoisotopic (exact) mass is 279 g/mol. The molecule has 0 saturated heterocycles. The second kappa shape index (κ2) is 5.72. The number of ether oxygens (including phenoxy) is 1. The van der Waals surface area contributed by atoms with Crippen LogP contribution in [0.25, 0.3) is 11.1 Å². The quantitative estimate of drug-likeness (QED) is 0.842. The second-order valence-corrected chi connectivity index (χ2v) is 4.04. The van der Waals surface area contributed by atoms with Crippen LogP contribution in [0.4, 0.5) is 0 Å². The number of pyridine rings is 1. The molecule has 0 bridgehead atoms. The summed E-state index contributed by atoms with van der Waals surface area (Å²) in [6, 6.07) is 11.6. The van der Waals surface area contributed by atoms with Crippen molar-refractivity contribution in [1.82, 2.24) is 4.98 Å². The van der Waals surface area contributed by atoms with Crippen molar-refractivity contribution in [2.24, 2.45) is 0 Å². The normalized spacial score (nSPS) is 9.48. The van der Waals surface area contributed by atoms with E-state index >= 15 is 0 Å². The zero-order chi connectivity index (χ0) is 15.4. The number of hydrogen-bond acceptors (Lipinski definition) is 6. The molecule has 0 saturated carbocycles. The fourth-order valence-corrected chi connectivity index (χ4v) is 1.78. The van der Waals surface area contributed by atoms with E-state index in [4.69, 9.17) is 10.5 Å². The predicted molar refractivity (Wildman–Crippen MR) is 72.1 cm³/mol. The lowest BCUT2D eigenvalue weighted by Gasteiger charge is -2.08. The van der Waals surface area contributed by atoms with Crippen molar-refractivity contribution in [2.75, 3.05) is 7.11 Å². The van der Waals surface area contributed by atoms with E-state index in [1.807, 2.05) is 12.1 Å². The molecule has 1 heterocycles. The van der Waals surface area contributed by atoms with Crippen LogP contribution in [0.2, 0.25) is 0 Å². The maximum Gasteiger partial charge on any atom is 0.360 e. The molecule has 0 spiro atoms. The van der Waals surface area contributed by atoms with Gasteiger partial charge in [0.1, 0.15) is 17.5 Å². The Bertz CT molecular complexity index is 784. The highest BCUT2D eigenvalue weighted by Crippen LogP contribution is 2.28. The Kier molecular flexibility index (Phi) is 3.83. The summed E-state index contributed by atoms with van der Waals surface area (Å²) in [6.07, 6.45) is 0. The van der Waals surface area contributed by atoms with Gasteiger partial charge in [-0.15, -0.1) is 0 Å². The minimum absolute atomic E-state index is 0.0158. The van der Waals surface area contributed by atoms with Crippen LogP contribution < -0.4 is 0 Å². The maximum absolute atomic E-state index is 11.4. The van der Waals surface area contributed by atoms with Gasteiger partial charge in [-0.05, 0) is 23.8 Å². The van der Waals surface area contributed by atoms with E-state index in [0.717, 1.165) is 7.11 Å². The molecular formula is C15H9N3O3. The molecule has 1 N–H and O–H groups in total. The molecule has 0 amide bonds. The molecule has 2 aromatic rings. The van der Waals surface area contributed by atoms with Crippen molar-refractivity contribution < 1.29 is 14.6 Å². The molecule has 102 valence electrons. The van der Waals surface area contributed by atoms with Crippen LogP contribution in [0.15, 0.2) is 30.3 Å². The standard InChI is InChI=1S/C15H9N3O3/c1-21-15(20)14-13(19)6-11(12(8-17)18-14)10-4-2-9(7-16)3-5-10/h2-6,19H,1H3. The smallest absolute Gasteiger partial charge is 0.360 e. The van der Waals surface area contributed by atoms with Gasteiger partial charge in [-0.2, -0.15) is 10.5 Å². The molecule has 0 radical (unpaired) electrons. The average Bonchev–Trinajstić information content (AvgIpc) is 2.54. The van der Waals surface area contributed by atoms with Crippen LogP contribution in [-0.4, -0.2) is 23.2 Å². The van der Waals surface area contributed by atoms with E-state index in [1.165, 1.54) is 6.07 Å². The summed E-state index contributed by atoms with van der Waals surface area (Å²) in [5, 5.41) is 27.8. The van der Waals surface area contributed by atoms with Crippen LogP contribution in [0.1, 0.15) is 21.7 Å². The Morgan fingerprint density at radius 2 is 1.90 bits per heavy atom. The van der Waals surface area contributed by atoms with Crippen molar-refractivity contribution in [3.63, 3.8) is 0 Å². The Balaban J connectivity index is 2.59. The SMILES string of the molecule is COC(=O)c1nc(C#N)c(-c2ccc(C#N)cc2)cc1O. The Labute approximate surface area is 120 Å². The summed E-state index contributed by atoms with van der Waals surface area (Å²) in [6.45, 7) is 0.